The van der Waals surface area contributed by atoms with Crippen LogP contribution in [0, 0.1) is 13.8 Å². The zero-order valence-corrected chi connectivity index (χ0v) is 16.2. The third-order valence-electron chi connectivity index (χ3n) is 4.46. The number of aromatic nitrogens is 2. The van der Waals surface area contributed by atoms with Gasteiger partial charge in [-0.3, -0.25) is 14.2 Å². The molecule has 0 bridgehead atoms. The number of nitrogens with zero attached hydrogens (tertiary/aromatic N) is 2. The number of benzene rings is 1. The molecular formula is C18H20N4O5S. The Bertz CT molecular complexity index is 1190. The van der Waals surface area contributed by atoms with Crippen molar-refractivity contribution in [2.45, 2.75) is 31.7 Å². The fourth-order valence-corrected chi connectivity index (χ4v) is 3.30. The van der Waals surface area contributed by atoms with Crippen molar-refractivity contribution in [2.24, 2.45) is 5.14 Å². The predicted molar refractivity (Wildman–Crippen MR) is 102 cm³/mol. The van der Waals surface area contributed by atoms with Gasteiger partial charge in [0.15, 0.2) is 0 Å². The summed E-state index contributed by atoms with van der Waals surface area (Å²) >= 11 is 0. The molecule has 2 heterocycles. The summed E-state index contributed by atoms with van der Waals surface area (Å²) in [6, 6.07) is 6.11. The molecule has 3 aromatic rings. The number of furan rings is 1. The van der Waals surface area contributed by atoms with Gasteiger partial charge in [0.05, 0.1) is 4.90 Å². The number of rotatable bonds is 6. The summed E-state index contributed by atoms with van der Waals surface area (Å²) in [6.45, 7) is 3.70. The Morgan fingerprint density at radius 2 is 1.93 bits per heavy atom. The summed E-state index contributed by atoms with van der Waals surface area (Å²) in [6.07, 6.45) is 1.79. The highest BCUT2D eigenvalue weighted by molar-refractivity contribution is 7.89. The van der Waals surface area contributed by atoms with Crippen molar-refractivity contribution in [3.8, 4) is 0 Å². The quantitative estimate of drug-likeness (QED) is 0.617. The Labute approximate surface area is 161 Å². The molecule has 3 rings (SSSR count). The monoisotopic (exact) mass is 404 g/mol. The molecule has 28 heavy (non-hydrogen) atoms. The maximum absolute atomic E-state index is 12.5. The van der Waals surface area contributed by atoms with E-state index < -0.39 is 10.0 Å². The minimum Gasteiger partial charge on any atom is -0.443 e. The normalized spacial score (nSPS) is 11.7. The van der Waals surface area contributed by atoms with Gasteiger partial charge in [0.25, 0.3) is 5.56 Å². The molecule has 0 aliphatic carbocycles. The van der Waals surface area contributed by atoms with Crippen molar-refractivity contribution in [3.05, 3.63) is 57.8 Å². The first-order valence-electron chi connectivity index (χ1n) is 8.50. The molecule has 0 saturated carbocycles. The average Bonchev–Trinajstić information content (AvgIpc) is 2.92. The smallest absolute Gasteiger partial charge is 0.265 e. The van der Waals surface area contributed by atoms with E-state index in [2.05, 4.69) is 10.3 Å². The lowest BCUT2D eigenvalue weighted by atomic mass is 10.1. The van der Waals surface area contributed by atoms with E-state index in [1.54, 1.807) is 26.0 Å². The maximum Gasteiger partial charge on any atom is 0.265 e. The largest absolute Gasteiger partial charge is 0.443 e. The number of hydrogen-bond acceptors (Lipinski definition) is 6. The molecule has 0 aliphatic rings. The van der Waals surface area contributed by atoms with Crippen molar-refractivity contribution in [2.75, 3.05) is 6.54 Å². The standard InChI is InChI=1S/C18H20N4O5S/c1-11-12(2)27-17-16(11)18(24)22(10-21-17)9-15(23)20-8-7-13-3-5-14(6-4-13)28(19,25)26/h3-6,10H,7-9H2,1-2H3,(H,20,23)(H2,19,25,26). The lowest BCUT2D eigenvalue weighted by Gasteiger charge is -2.08. The van der Waals surface area contributed by atoms with Gasteiger partial charge in [0.1, 0.15) is 24.0 Å². The van der Waals surface area contributed by atoms with E-state index in [4.69, 9.17) is 9.56 Å². The van der Waals surface area contributed by atoms with Gasteiger partial charge in [-0.1, -0.05) is 12.1 Å². The number of nitrogens with one attached hydrogen (secondary N) is 1. The Hall–Kier alpha value is -2.98. The summed E-state index contributed by atoms with van der Waals surface area (Å²) in [5.41, 5.74) is 1.50. The van der Waals surface area contributed by atoms with E-state index in [-0.39, 0.29) is 28.6 Å². The fraction of sp³-hybridized carbons (Fsp3) is 0.278. The molecule has 9 nitrogen and oxygen atoms in total. The molecule has 3 N–H and O–H groups in total. The maximum atomic E-state index is 12.5. The van der Waals surface area contributed by atoms with Gasteiger partial charge < -0.3 is 9.73 Å². The van der Waals surface area contributed by atoms with Crippen molar-refractivity contribution in [1.82, 2.24) is 14.9 Å². The first-order valence-corrected chi connectivity index (χ1v) is 10.0. The molecule has 1 amide bonds. The summed E-state index contributed by atoms with van der Waals surface area (Å²) in [7, 11) is -3.72. The topological polar surface area (TPSA) is 137 Å². The zero-order valence-electron chi connectivity index (χ0n) is 15.4. The van der Waals surface area contributed by atoms with Gasteiger partial charge in [0, 0.05) is 12.1 Å². The van der Waals surface area contributed by atoms with Crippen LogP contribution >= 0.6 is 0 Å². The first kappa shape index (κ1) is 19.8. The lowest BCUT2D eigenvalue weighted by Crippen LogP contribution is -2.33. The Morgan fingerprint density at radius 1 is 1.25 bits per heavy atom. The van der Waals surface area contributed by atoms with Crippen molar-refractivity contribution >= 4 is 27.0 Å². The van der Waals surface area contributed by atoms with Crippen LogP contribution in [0.25, 0.3) is 11.1 Å². The third-order valence-corrected chi connectivity index (χ3v) is 5.39. The molecule has 1 aromatic carbocycles. The summed E-state index contributed by atoms with van der Waals surface area (Å²) in [5, 5.41) is 8.16. The van der Waals surface area contributed by atoms with E-state index >= 15 is 0 Å². The lowest BCUT2D eigenvalue weighted by molar-refractivity contribution is -0.121. The number of carbonyl (C=O) groups is 1. The van der Waals surface area contributed by atoms with Crippen LogP contribution in [0.4, 0.5) is 0 Å². The highest BCUT2D eigenvalue weighted by Crippen LogP contribution is 2.18. The number of nitrogens with two attached hydrogens (primary N) is 1. The number of hydrogen-bond donors (Lipinski definition) is 2. The molecule has 0 saturated heterocycles. The molecule has 0 fully saturated rings. The van der Waals surface area contributed by atoms with Crippen LogP contribution in [0.1, 0.15) is 16.9 Å². The Balaban J connectivity index is 1.60. The third kappa shape index (κ3) is 4.12. The van der Waals surface area contributed by atoms with Crippen LogP contribution in [0.2, 0.25) is 0 Å². The molecule has 10 heteroatoms. The number of sulfonamides is 1. The number of aryl methyl sites for hydroxylation is 2. The minimum absolute atomic E-state index is 0.0346. The molecule has 148 valence electrons. The molecule has 0 aliphatic heterocycles. The fourth-order valence-electron chi connectivity index (χ4n) is 2.79. The van der Waals surface area contributed by atoms with Crippen LogP contribution in [-0.2, 0) is 27.8 Å². The van der Waals surface area contributed by atoms with E-state index in [9.17, 15) is 18.0 Å². The van der Waals surface area contributed by atoms with Gasteiger partial charge >= 0.3 is 0 Å². The van der Waals surface area contributed by atoms with Crippen molar-refractivity contribution < 1.29 is 17.6 Å². The molecular weight excluding hydrogens is 384 g/mol. The second kappa shape index (κ2) is 7.56. The first-order chi connectivity index (χ1) is 13.2. The van der Waals surface area contributed by atoms with Crippen LogP contribution in [-0.4, -0.2) is 30.4 Å². The SMILES string of the molecule is Cc1oc2ncn(CC(=O)NCCc3ccc(S(N)(=O)=O)cc3)c(=O)c2c1C. The molecule has 0 unspecified atom stereocenters. The highest BCUT2D eigenvalue weighted by Gasteiger charge is 2.15. The van der Waals surface area contributed by atoms with E-state index in [1.807, 2.05) is 0 Å². The van der Waals surface area contributed by atoms with Gasteiger partial charge in [-0.25, -0.2) is 18.5 Å². The summed E-state index contributed by atoms with van der Waals surface area (Å²) < 4.78 is 29.1. The molecule has 0 spiro atoms. The van der Waals surface area contributed by atoms with E-state index in [0.29, 0.717) is 29.7 Å². The summed E-state index contributed by atoms with van der Waals surface area (Å²) in [4.78, 5) is 28.8. The van der Waals surface area contributed by atoms with Crippen LogP contribution in [0.15, 0.2) is 44.7 Å². The van der Waals surface area contributed by atoms with Crippen LogP contribution in [0.3, 0.4) is 0 Å². The average molecular weight is 404 g/mol. The van der Waals surface area contributed by atoms with E-state index in [0.717, 1.165) is 5.56 Å². The Morgan fingerprint density at radius 3 is 2.57 bits per heavy atom. The van der Waals surface area contributed by atoms with Crippen LogP contribution in [0.5, 0.6) is 0 Å². The highest BCUT2D eigenvalue weighted by atomic mass is 32.2. The minimum atomic E-state index is -3.72. The zero-order chi connectivity index (χ0) is 20.5. The van der Waals surface area contributed by atoms with Gasteiger partial charge in [-0.2, -0.15) is 0 Å². The van der Waals surface area contributed by atoms with Crippen molar-refractivity contribution in [3.63, 3.8) is 0 Å². The number of carbonyl (C=O) groups excluding carboxylic acids is 1. The molecule has 0 atom stereocenters. The van der Waals surface area contributed by atoms with Gasteiger partial charge in [-0.15, -0.1) is 0 Å². The number of fused-ring (bicyclic) bond motifs is 1. The van der Waals surface area contributed by atoms with Gasteiger partial charge in [-0.05, 0) is 38.0 Å². The molecule has 0 radical (unpaired) electrons. The predicted octanol–water partition coefficient (Wildman–Crippen LogP) is 0.613. The van der Waals surface area contributed by atoms with Crippen molar-refractivity contribution in [1.29, 1.82) is 0 Å². The van der Waals surface area contributed by atoms with Crippen LogP contribution < -0.4 is 16.0 Å². The number of primary sulfonamides is 1. The Kier molecular flexibility index (Phi) is 5.34. The molecule has 2 aromatic heterocycles. The van der Waals surface area contributed by atoms with E-state index in [1.165, 1.54) is 23.0 Å². The second-order valence-electron chi connectivity index (χ2n) is 6.43. The second-order valence-corrected chi connectivity index (χ2v) is 7.99. The summed E-state index contributed by atoms with van der Waals surface area (Å²) in [5.74, 6) is 0.289. The number of amides is 1. The van der Waals surface area contributed by atoms with Gasteiger partial charge in [0.2, 0.25) is 21.6 Å².